The summed E-state index contributed by atoms with van der Waals surface area (Å²) < 4.78 is 0. The Bertz CT molecular complexity index is 2060. The SMILES string of the molecule is CC(=O)c1ccc2[nH]c(C(=O)N[C@H]3Cc4ccccc4[C@H]4CCC[C@@H](C(=O)N[C@@H](CCC(N)=O)C(=O)C[C@H](C(=O)N5CCCCC5)C5CCCCC5)N4C3=O)cc2c1. The first kappa shape index (κ1) is 40.9. The Kier molecular flexibility index (Phi) is 12.7. The van der Waals surface area contributed by atoms with Gasteiger partial charge in [-0.1, -0.05) is 43.5 Å². The van der Waals surface area contributed by atoms with Crippen LogP contribution in [0.2, 0.25) is 0 Å². The summed E-state index contributed by atoms with van der Waals surface area (Å²) in [5.74, 6) is -2.86. The molecule has 4 heterocycles. The molecule has 4 aliphatic rings. The monoisotopic (exact) mass is 792 g/mol. The van der Waals surface area contributed by atoms with E-state index >= 15 is 0 Å². The molecule has 3 aromatic rings. The molecule has 5 atom stereocenters. The molecule has 3 aliphatic heterocycles. The van der Waals surface area contributed by atoms with Crippen LogP contribution in [0.5, 0.6) is 0 Å². The number of hydrogen-bond acceptors (Lipinski definition) is 7. The van der Waals surface area contributed by atoms with Gasteiger partial charge in [-0.05, 0) is 106 Å². The zero-order chi connectivity index (χ0) is 40.9. The Morgan fingerprint density at radius 1 is 0.879 bits per heavy atom. The molecule has 0 bridgehead atoms. The molecule has 0 spiro atoms. The summed E-state index contributed by atoms with van der Waals surface area (Å²) in [4.78, 5) is 102. The molecular formula is C45H56N6O7. The lowest BCUT2D eigenvalue weighted by Crippen LogP contribution is -2.59. The van der Waals surface area contributed by atoms with E-state index in [0.717, 1.165) is 62.5 Å². The highest BCUT2D eigenvalue weighted by atomic mass is 16.2. The first-order valence-corrected chi connectivity index (χ1v) is 21.2. The number of nitrogens with one attached hydrogen (secondary N) is 3. The van der Waals surface area contributed by atoms with E-state index in [0.29, 0.717) is 48.8 Å². The maximum absolute atomic E-state index is 14.7. The van der Waals surface area contributed by atoms with Crippen molar-refractivity contribution < 1.29 is 33.6 Å². The number of aromatic amines is 1. The Morgan fingerprint density at radius 3 is 2.36 bits per heavy atom. The van der Waals surface area contributed by atoms with Gasteiger partial charge in [0.05, 0.1) is 12.1 Å². The Morgan fingerprint density at radius 2 is 1.62 bits per heavy atom. The maximum atomic E-state index is 14.7. The number of nitrogens with two attached hydrogens (primary N) is 1. The van der Waals surface area contributed by atoms with Gasteiger partial charge < -0.3 is 31.2 Å². The Labute approximate surface area is 339 Å². The van der Waals surface area contributed by atoms with Gasteiger partial charge in [-0.3, -0.25) is 33.6 Å². The van der Waals surface area contributed by atoms with Crippen LogP contribution < -0.4 is 16.4 Å². The van der Waals surface area contributed by atoms with Crippen molar-refractivity contribution in [3.05, 3.63) is 70.9 Å². The maximum Gasteiger partial charge on any atom is 0.268 e. The molecule has 1 aromatic heterocycles. The van der Waals surface area contributed by atoms with Crippen LogP contribution >= 0.6 is 0 Å². The van der Waals surface area contributed by atoms with Gasteiger partial charge in [0.15, 0.2) is 11.6 Å². The number of ketones is 2. The number of hydrogen-bond donors (Lipinski definition) is 4. The number of piperidine rings is 2. The third-order valence-corrected chi connectivity index (χ3v) is 12.9. The summed E-state index contributed by atoms with van der Waals surface area (Å²) in [6.45, 7) is 2.84. The molecule has 3 fully saturated rings. The van der Waals surface area contributed by atoms with E-state index in [4.69, 9.17) is 5.73 Å². The van der Waals surface area contributed by atoms with E-state index in [-0.39, 0.29) is 54.8 Å². The van der Waals surface area contributed by atoms with Crippen molar-refractivity contribution in [3.8, 4) is 0 Å². The summed E-state index contributed by atoms with van der Waals surface area (Å²) in [5, 5.41) is 6.57. The minimum absolute atomic E-state index is 0.00484. The summed E-state index contributed by atoms with van der Waals surface area (Å²) in [5.41, 5.74) is 8.76. The van der Waals surface area contributed by atoms with E-state index in [2.05, 4.69) is 15.6 Å². The highest BCUT2D eigenvalue weighted by molar-refractivity contribution is 6.03. The molecule has 308 valence electrons. The Hall–Kier alpha value is -5.33. The molecule has 13 heteroatoms. The van der Waals surface area contributed by atoms with Crippen LogP contribution in [0.25, 0.3) is 10.9 Å². The van der Waals surface area contributed by atoms with Crippen LogP contribution in [0.4, 0.5) is 0 Å². The zero-order valence-corrected chi connectivity index (χ0v) is 33.4. The third-order valence-electron chi connectivity index (χ3n) is 12.9. The van der Waals surface area contributed by atoms with Gasteiger partial charge in [0.1, 0.15) is 17.8 Å². The fourth-order valence-electron chi connectivity index (χ4n) is 9.79. The van der Waals surface area contributed by atoms with Crippen LogP contribution in [0.3, 0.4) is 0 Å². The summed E-state index contributed by atoms with van der Waals surface area (Å²) in [6, 6.07) is 11.0. The zero-order valence-electron chi connectivity index (χ0n) is 33.4. The minimum atomic E-state index is -1.07. The van der Waals surface area contributed by atoms with E-state index in [9.17, 15) is 33.6 Å². The molecule has 2 aromatic carbocycles. The van der Waals surface area contributed by atoms with Crippen LogP contribution in [0.15, 0.2) is 48.5 Å². The fraction of sp³-hybridized carbons (Fsp3) is 0.533. The van der Waals surface area contributed by atoms with Gasteiger partial charge in [0.2, 0.25) is 23.6 Å². The molecular weight excluding hydrogens is 737 g/mol. The van der Waals surface area contributed by atoms with Crippen LogP contribution in [0, 0.1) is 11.8 Å². The topological polar surface area (TPSA) is 192 Å². The molecule has 13 nitrogen and oxygen atoms in total. The van der Waals surface area contributed by atoms with Gasteiger partial charge in [0.25, 0.3) is 5.91 Å². The second-order valence-electron chi connectivity index (χ2n) is 16.8. The van der Waals surface area contributed by atoms with Crippen molar-refractivity contribution in [1.82, 2.24) is 25.4 Å². The number of benzene rings is 2. The molecule has 1 saturated carbocycles. The van der Waals surface area contributed by atoms with Crippen molar-refractivity contribution in [2.75, 3.05) is 13.1 Å². The molecule has 1 aliphatic carbocycles. The van der Waals surface area contributed by atoms with E-state index in [1.807, 2.05) is 29.2 Å². The van der Waals surface area contributed by atoms with Crippen molar-refractivity contribution in [2.24, 2.45) is 17.6 Å². The van der Waals surface area contributed by atoms with Gasteiger partial charge in [-0.25, -0.2) is 0 Å². The summed E-state index contributed by atoms with van der Waals surface area (Å²) >= 11 is 0. The number of carbonyl (C=O) groups is 7. The third kappa shape index (κ3) is 9.03. The quantitative estimate of drug-likeness (QED) is 0.174. The molecule has 5 amide bonds. The van der Waals surface area contributed by atoms with Gasteiger partial charge in [-0.15, -0.1) is 0 Å². The number of fused-ring (bicyclic) bond motifs is 4. The van der Waals surface area contributed by atoms with Crippen molar-refractivity contribution in [2.45, 2.75) is 127 Å². The van der Waals surface area contributed by atoms with Crippen LogP contribution in [-0.2, 0) is 30.4 Å². The normalized spacial score (nSPS) is 22.2. The molecule has 5 N–H and O–H groups in total. The molecule has 0 unspecified atom stereocenters. The number of primary amides is 1. The first-order chi connectivity index (χ1) is 28.0. The number of nitrogens with zero attached hydrogens (tertiary/aromatic N) is 2. The lowest BCUT2D eigenvalue weighted by molar-refractivity contribution is -0.148. The standard InChI is InChI=1S/C45H56N6O7/c1-27(52)29-17-18-34-31(23-29)25-36(47-34)42(55)49-37-24-30-13-6-7-14-32(30)38-15-10-16-39(51(38)45(37)58)43(56)48-35(19-20-41(46)54)40(53)26-33(28-11-4-2-5-12-28)44(57)50-21-8-3-9-22-50/h6-7,13-14,17-18,23,25,28,33,35,37-39,47H,2-5,8-12,15-16,19-22,24,26H2,1H3,(H2,46,54)(H,48,56)(H,49,55)/t33-,35-,37-,38+,39-/m0/s1. The first-order valence-electron chi connectivity index (χ1n) is 21.2. The lowest BCUT2D eigenvalue weighted by Gasteiger charge is -2.42. The predicted molar refractivity (Wildman–Crippen MR) is 217 cm³/mol. The number of rotatable bonds is 13. The number of amides is 5. The highest BCUT2D eigenvalue weighted by Gasteiger charge is 2.45. The van der Waals surface area contributed by atoms with Crippen LogP contribution in [0.1, 0.15) is 135 Å². The molecule has 2 saturated heterocycles. The minimum Gasteiger partial charge on any atom is -0.370 e. The average molecular weight is 793 g/mol. The molecule has 7 rings (SSSR count). The van der Waals surface area contributed by atoms with Gasteiger partial charge >= 0.3 is 0 Å². The second kappa shape index (κ2) is 18.1. The smallest absolute Gasteiger partial charge is 0.268 e. The Balaban J connectivity index is 1.13. The molecule has 0 radical (unpaired) electrons. The van der Waals surface area contributed by atoms with E-state index in [1.54, 1.807) is 29.2 Å². The summed E-state index contributed by atoms with van der Waals surface area (Å²) in [7, 11) is 0. The molecule has 58 heavy (non-hydrogen) atoms. The lowest BCUT2D eigenvalue weighted by atomic mass is 9.76. The number of aromatic nitrogens is 1. The average Bonchev–Trinajstić information content (AvgIpc) is 3.63. The summed E-state index contributed by atoms with van der Waals surface area (Å²) in [6.07, 6.45) is 9.43. The number of carbonyl (C=O) groups excluding carboxylic acids is 7. The van der Waals surface area contributed by atoms with E-state index < -0.39 is 53.7 Å². The second-order valence-corrected chi connectivity index (χ2v) is 16.8. The largest absolute Gasteiger partial charge is 0.370 e. The number of likely N-dealkylation sites (tertiary alicyclic amines) is 1. The highest BCUT2D eigenvalue weighted by Crippen LogP contribution is 2.40. The van der Waals surface area contributed by atoms with Crippen molar-refractivity contribution >= 4 is 52.0 Å². The number of H-pyrrole nitrogens is 1. The van der Waals surface area contributed by atoms with Gasteiger partial charge in [0, 0.05) is 54.7 Å². The van der Waals surface area contributed by atoms with Gasteiger partial charge in [-0.2, -0.15) is 0 Å². The van der Waals surface area contributed by atoms with Crippen molar-refractivity contribution in [3.63, 3.8) is 0 Å². The van der Waals surface area contributed by atoms with E-state index in [1.165, 1.54) is 6.92 Å². The predicted octanol–water partition coefficient (Wildman–Crippen LogP) is 5.07. The number of Topliss-reactive ketones (excluding diaryl/α,β-unsaturated/α-hetero) is 2. The van der Waals surface area contributed by atoms with Crippen molar-refractivity contribution in [1.29, 1.82) is 0 Å². The van der Waals surface area contributed by atoms with Crippen LogP contribution in [-0.4, -0.2) is 87.1 Å². The fourth-order valence-corrected chi connectivity index (χ4v) is 9.79.